The number of rotatable bonds is 6. The fourth-order valence-corrected chi connectivity index (χ4v) is 6.34. The summed E-state index contributed by atoms with van der Waals surface area (Å²) in [5, 5.41) is 11.2. The highest BCUT2D eigenvalue weighted by molar-refractivity contribution is 7.89. The van der Waals surface area contributed by atoms with Gasteiger partial charge in [-0.15, -0.1) is 11.3 Å². The van der Waals surface area contributed by atoms with Gasteiger partial charge in [0.15, 0.2) is 0 Å². The minimum absolute atomic E-state index is 0.0878. The van der Waals surface area contributed by atoms with Crippen molar-refractivity contribution in [1.82, 2.24) is 14.6 Å². The van der Waals surface area contributed by atoms with Crippen LogP contribution in [0, 0.1) is 0 Å². The first-order valence-electron chi connectivity index (χ1n) is 11.6. The first-order chi connectivity index (χ1) is 18.8. The number of carbonyl (C=O) groups is 2. The number of aromatic amines is 1. The molecule has 0 saturated carbocycles. The topological polar surface area (TPSA) is 146 Å². The number of sulfonamides is 1. The van der Waals surface area contributed by atoms with Crippen molar-refractivity contribution >= 4 is 54.1 Å². The molecule has 0 aliphatic carbocycles. The molecule has 1 aliphatic rings. The summed E-state index contributed by atoms with van der Waals surface area (Å²) in [5.74, 6) is -2.42. The van der Waals surface area contributed by atoms with Crippen LogP contribution in [0.5, 0.6) is 5.75 Å². The number of thiophene rings is 1. The van der Waals surface area contributed by atoms with Crippen LogP contribution in [-0.4, -0.2) is 61.2 Å². The van der Waals surface area contributed by atoms with Gasteiger partial charge in [0, 0.05) is 24.0 Å². The summed E-state index contributed by atoms with van der Waals surface area (Å²) in [5.41, 5.74) is 0.567. The molecular formula is C25H22F3N3O7S2. The number of halogens is 3. The molecule has 5 rings (SSSR count). The molecule has 1 amide bonds. The van der Waals surface area contributed by atoms with E-state index in [9.17, 15) is 31.2 Å². The largest absolute Gasteiger partial charge is 0.497 e. The molecule has 3 N–H and O–H groups in total. The molecule has 10 nitrogen and oxygen atoms in total. The van der Waals surface area contributed by atoms with Crippen molar-refractivity contribution in [1.29, 1.82) is 0 Å². The Kier molecular flexibility index (Phi) is 8.18. The molecule has 2 aromatic heterocycles. The molecule has 212 valence electrons. The number of aromatic nitrogens is 1. The quantitative estimate of drug-likeness (QED) is 0.309. The van der Waals surface area contributed by atoms with Crippen LogP contribution in [-0.2, 0) is 26.2 Å². The molecule has 1 aliphatic heterocycles. The minimum atomic E-state index is -5.08. The smallest absolute Gasteiger partial charge is 0.490 e. The average Bonchev–Trinajstić information content (AvgIpc) is 3.47. The number of nitrogens with one attached hydrogen (secondary N) is 2. The van der Waals surface area contributed by atoms with Crippen molar-refractivity contribution in [3.63, 3.8) is 0 Å². The number of nitrogens with zero attached hydrogens (tertiary/aromatic N) is 1. The molecule has 0 radical (unpaired) electrons. The van der Waals surface area contributed by atoms with E-state index in [1.807, 2.05) is 23.6 Å². The van der Waals surface area contributed by atoms with Crippen LogP contribution in [0.3, 0.4) is 0 Å². The Bertz CT molecular complexity index is 1750. The summed E-state index contributed by atoms with van der Waals surface area (Å²) in [7, 11) is -2.35. The van der Waals surface area contributed by atoms with Crippen LogP contribution in [0.2, 0.25) is 0 Å². The van der Waals surface area contributed by atoms with E-state index in [0.29, 0.717) is 24.1 Å². The van der Waals surface area contributed by atoms with Gasteiger partial charge in [-0.25, -0.2) is 13.2 Å². The van der Waals surface area contributed by atoms with Gasteiger partial charge in [0.25, 0.3) is 5.56 Å². The van der Waals surface area contributed by atoms with E-state index in [-0.39, 0.29) is 22.9 Å². The fourth-order valence-electron chi connectivity index (χ4n) is 4.14. The van der Waals surface area contributed by atoms with Crippen LogP contribution in [0.15, 0.2) is 63.7 Å². The lowest BCUT2D eigenvalue weighted by molar-refractivity contribution is -0.192. The van der Waals surface area contributed by atoms with Gasteiger partial charge < -0.3 is 19.7 Å². The Balaban J connectivity index is 0.000000470. The van der Waals surface area contributed by atoms with Crippen molar-refractivity contribution in [2.75, 3.05) is 13.7 Å². The van der Waals surface area contributed by atoms with E-state index in [1.54, 1.807) is 36.4 Å². The molecule has 1 unspecified atom stereocenters. The predicted molar refractivity (Wildman–Crippen MR) is 141 cm³/mol. The number of fused-ring (bicyclic) bond motifs is 2. The maximum absolute atomic E-state index is 13.0. The standard InChI is InChI=1S/C23H21N3O5S2.C2HF3O2/c1-31-17-4-2-14-3-5-18(11-15(14)10-17)33(29,30)25-19-7-9-26(23(19)28)12-16-13-32-20-6-8-24-22(27)21(16)20;3-2(4,5)1(6)7/h2-6,8,10-11,13,19,25H,7,9,12H2,1H3,(H,24,27);(H,6,7). The van der Waals surface area contributed by atoms with Gasteiger partial charge in [0.05, 0.1) is 17.4 Å². The molecule has 1 saturated heterocycles. The first-order valence-corrected chi connectivity index (χ1v) is 13.9. The number of carboxylic acids is 1. The lowest BCUT2D eigenvalue weighted by atomic mass is 10.1. The lowest BCUT2D eigenvalue weighted by Crippen LogP contribution is -2.41. The van der Waals surface area contributed by atoms with Gasteiger partial charge in [0.1, 0.15) is 11.8 Å². The third-order valence-corrected chi connectivity index (χ3v) is 8.57. The van der Waals surface area contributed by atoms with E-state index in [0.717, 1.165) is 21.0 Å². The third kappa shape index (κ3) is 6.26. The summed E-state index contributed by atoms with van der Waals surface area (Å²) in [6.45, 7) is 0.670. The minimum Gasteiger partial charge on any atom is -0.497 e. The van der Waals surface area contributed by atoms with Crippen LogP contribution < -0.4 is 15.0 Å². The maximum Gasteiger partial charge on any atom is 0.490 e. The van der Waals surface area contributed by atoms with Gasteiger partial charge in [-0.1, -0.05) is 12.1 Å². The number of aliphatic carboxylic acids is 1. The monoisotopic (exact) mass is 597 g/mol. The number of ether oxygens (including phenoxy) is 1. The zero-order valence-electron chi connectivity index (χ0n) is 20.7. The first kappa shape index (κ1) is 29.0. The molecule has 1 atom stereocenters. The van der Waals surface area contributed by atoms with E-state index < -0.39 is 28.2 Å². The zero-order valence-corrected chi connectivity index (χ0v) is 22.3. The molecule has 4 aromatic rings. The number of benzene rings is 2. The predicted octanol–water partition coefficient (Wildman–Crippen LogP) is 3.46. The second-order valence-electron chi connectivity index (χ2n) is 8.71. The molecule has 40 heavy (non-hydrogen) atoms. The number of methoxy groups -OCH3 is 1. The highest BCUT2D eigenvalue weighted by Crippen LogP contribution is 2.27. The summed E-state index contributed by atoms with van der Waals surface area (Å²) in [6, 6.07) is 11.2. The van der Waals surface area contributed by atoms with Gasteiger partial charge in [-0.05, 0) is 58.5 Å². The summed E-state index contributed by atoms with van der Waals surface area (Å²) in [4.78, 5) is 38.4. The second-order valence-corrected chi connectivity index (χ2v) is 11.3. The summed E-state index contributed by atoms with van der Waals surface area (Å²) < 4.78 is 66.4. The fraction of sp³-hybridized carbons (Fsp3) is 0.240. The van der Waals surface area contributed by atoms with Gasteiger partial charge in [-0.3, -0.25) is 9.59 Å². The van der Waals surface area contributed by atoms with Crippen LogP contribution in [0.4, 0.5) is 13.2 Å². The van der Waals surface area contributed by atoms with Gasteiger partial charge >= 0.3 is 12.1 Å². The zero-order chi connectivity index (χ0) is 29.2. The van der Waals surface area contributed by atoms with Gasteiger partial charge in [-0.2, -0.15) is 17.9 Å². The number of alkyl halides is 3. The van der Waals surface area contributed by atoms with Crippen molar-refractivity contribution in [3.05, 3.63) is 70.0 Å². The van der Waals surface area contributed by atoms with Crippen molar-refractivity contribution in [3.8, 4) is 5.75 Å². The Labute approximate surface area is 229 Å². The van der Waals surface area contributed by atoms with Crippen molar-refractivity contribution in [2.45, 2.75) is 30.1 Å². The van der Waals surface area contributed by atoms with Crippen LogP contribution >= 0.6 is 11.3 Å². The normalized spacial score (nSPS) is 15.8. The second kappa shape index (κ2) is 11.3. The number of pyridine rings is 1. The number of likely N-dealkylation sites (tertiary alicyclic amines) is 1. The Morgan fingerprint density at radius 2 is 1.88 bits per heavy atom. The molecule has 0 spiro atoms. The lowest BCUT2D eigenvalue weighted by Gasteiger charge is -2.17. The average molecular weight is 598 g/mol. The number of amides is 1. The number of H-pyrrole nitrogens is 1. The van der Waals surface area contributed by atoms with E-state index >= 15 is 0 Å². The number of carbonyl (C=O) groups excluding carboxylic acids is 1. The number of hydrogen-bond acceptors (Lipinski definition) is 7. The summed E-state index contributed by atoms with van der Waals surface area (Å²) >= 11 is 1.45. The van der Waals surface area contributed by atoms with E-state index in [1.165, 1.54) is 17.4 Å². The van der Waals surface area contributed by atoms with E-state index in [4.69, 9.17) is 14.6 Å². The van der Waals surface area contributed by atoms with Crippen molar-refractivity contribution < 1.29 is 41.0 Å². The molecule has 1 fully saturated rings. The SMILES string of the molecule is COc1ccc2ccc(S(=O)(=O)NC3CCN(Cc4csc5cc[nH]c(=O)c45)C3=O)cc2c1.O=C(O)C(F)(F)F. The van der Waals surface area contributed by atoms with Crippen molar-refractivity contribution in [2.24, 2.45) is 0 Å². The number of carboxylic acid groups (broad SMARTS) is 1. The highest BCUT2D eigenvalue weighted by atomic mass is 32.2. The van der Waals surface area contributed by atoms with E-state index in [2.05, 4.69) is 9.71 Å². The molecule has 15 heteroatoms. The van der Waals surface area contributed by atoms with Crippen LogP contribution in [0.1, 0.15) is 12.0 Å². The number of hydrogen-bond donors (Lipinski definition) is 3. The molecule has 0 bridgehead atoms. The van der Waals surface area contributed by atoms with Gasteiger partial charge in [0.2, 0.25) is 15.9 Å². The Hall–Kier alpha value is -3.95. The maximum atomic E-state index is 13.0. The molecule has 2 aromatic carbocycles. The Morgan fingerprint density at radius 1 is 1.18 bits per heavy atom. The summed E-state index contributed by atoms with van der Waals surface area (Å²) in [6.07, 6.45) is -3.13. The molecular weight excluding hydrogens is 575 g/mol. The third-order valence-electron chi connectivity index (χ3n) is 6.10. The Morgan fingerprint density at radius 3 is 2.55 bits per heavy atom. The highest BCUT2D eigenvalue weighted by Gasteiger charge is 2.38. The van der Waals surface area contributed by atoms with Crippen LogP contribution in [0.25, 0.3) is 20.9 Å². The molecule has 3 heterocycles.